The molecule has 314 valence electrons. The lowest BCUT2D eigenvalue weighted by molar-refractivity contribution is -0.384. The first kappa shape index (κ1) is 44.3. The molecule has 2 N–H and O–H groups in total. The lowest BCUT2D eigenvalue weighted by Crippen LogP contribution is -2.44. The lowest BCUT2D eigenvalue weighted by Gasteiger charge is -2.28. The zero-order valence-electron chi connectivity index (χ0n) is 34.7. The molecule has 1 atom stereocenters. The van der Waals surface area contributed by atoms with E-state index in [4.69, 9.17) is 14.2 Å². The molecule has 14 nitrogen and oxygen atoms in total. The zero-order chi connectivity index (χ0) is 43.5. The molecule has 1 heterocycles. The summed E-state index contributed by atoms with van der Waals surface area (Å²) >= 11 is 0. The number of pyridine rings is 1. The Hall–Kier alpha value is -6.83. The zero-order valence-corrected chi connectivity index (χ0v) is 34.7. The van der Waals surface area contributed by atoms with E-state index >= 15 is 0 Å². The number of nitro groups is 1. The van der Waals surface area contributed by atoms with E-state index in [2.05, 4.69) is 15.6 Å². The minimum atomic E-state index is -0.954. The predicted octanol–water partition coefficient (Wildman–Crippen LogP) is 9.75. The predicted molar refractivity (Wildman–Crippen MR) is 228 cm³/mol. The van der Waals surface area contributed by atoms with Gasteiger partial charge in [0.15, 0.2) is 5.82 Å². The van der Waals surface area contributed by atoms with Crippen LogP contribution in [0.2, 0.25) is 0 Å². The molecule has 0 aliphatic rings. The van der Waals surface area contributed by atoms with E-state index in [-0.39, 0.29) is 36.5 Å². The molecular formula is C46H51N5O9. The molecule has 0 saturated heterocycles. The van der Waals surface area contributed by atoms with Crippen molar-refractivity contribution in [1.29, 1.82) is 0 Å². The fourth-order valence-electron chi connectivity index (χ4n) is 6.12. The first-order valence-electron chi connectivity index (χ1n) is 19.7. The average molecular weight is 818 g/mol. The Morgan fingerprint density at radius 1 is 0.767 bits per heavy atom. The Morgan fingerprint density at radius 2 is 1.43 bits per heavy atom. The number of nitro benzene ring substituents is 1. The molecule has 1 aromatic heterocycles. The fourth-order valence-corrected chi connectivity index (χ4v) is 6.12. The van der Waals surface area contributed by atoms with Crippen molar-refractivity contribution in [2.45, 2.75) is 97.6 Å². The number of benzene rings is 4. The highest BCUT2D eigenvalue weighted by atomic mass is 16.6. The number of rotatable bonds is 15. The van der Waals surface area contributed by atoms with Crippen LogP contribution in [0.15, 0.2) is 109 Å². The van der Waals surface area contributed by atoms with Crippen molar-refractivity contribution in [2.75, 3.05) is 10.2 Å². The van der Waals surface area contributed by atoms with Crippen LogP contribution in [0.5, 0.6) is 0 Å². The van der Waals surface area contributed by atoms with Crippen molar-refractivity contribution in [3.63, 3.8) is 0 Å². The van der Waals surface area contributed by atoms with Crippen LogP contribution in [-0.4, -0.2) is 45.2 Å². The number of hydrogen-bond donors (Lipinski definition) is 2. The number of non-ortho nitro benzene ring substituents is 1. The number of amides is 3. The molecule has 5 rings (SSSR count). The minimum Gasteiger partial charge on any atom is -0.461 e. The number of anilines is 2. The van der Waals surface area contributed by atoms with Crippen molar-refractivity contribution in [1.82, 2.24) is 10.3 Å². The van der Waals surface area contributed by atoms with Crippen LogP contribution < -0.4 is 15.5 Å². The number of ether oxygens (including phenoxy) is 3. The van der Waals surface area contributed by atoms with Gasteiger partial charge in [-0.05, 0) is 113 Å². The van der Waals surface area contributed by atoms with Gasteiger partial charge in [0.2, 0.25) is 5.91 Å². The summed E-state index contributed by atoms with van der Waals surface area (Å²) in [4.78, 5) is 69.1. The van der Waals surface area contributed by atoms with Gasteiger partial charge in [0.05, 0.1) is 4.92 Å². The third kappa shape index (κ3) is 13.1. The number of aryl methyl sites for hydroxylation is 1. The highest BCUT2D eigenvalue weighted by molar-refractivity contribution is 6.14. The van der Waals surface area contributed by atoms with Gasteiger partial charge >= 0.3 is 18.2 Å². The Labute approximate surface area is 349 Å². The van der Waals surface area contributed by atoms with E-state index in [1.54, 1.807) is 77.9 Å². The van der Waals surface area contributed by atoms with Crippen molar-refractivity contribution in [3.8, 4) is 0 Å². The summed E-state index contributed by atoms with van der Waals surface area (Å²) < 4.78 is 16.5. The second kappa shape index (κ2) is 19.7. The number of nitrogens with zero attached hydrogens (tertiary/aromatic N) is 3. The van der Waals surface area contributed by atoms with Gasteiger partial charge in [-0.1, -0.05) is 66.7 Å². The molecule has 0 aliphatic carbocycles. The number of carbonyl (C=O) groups excluding carboxylic acids is 4. The number of imide groups is 1. The van der Waals surface area contributed by atoms with Gasteiger partial charge in [0.25, 0.3) is 5.69 Å². The van der Waals surface area contributed by atoms with Crippen LogP contribution in [0.4, 0.5) is 26.8 Å². The number of fused-ring (bicyclic) bond motifs is 1. The van der Waals surface area contributed by atoms with Gasteiger partial charge in [-0.25, -0.2) is 14.6 Å². The van der Waals surface area contributed by atoms with Crippen molar-refractivity contribution in [2.24, 2.45) is 0 Å². The van der Waals surface area contributed by atoms with Crippen molar-refractivity contribution >= 4 is 52.0 Å². The van der Waals surface area contributed by atoms with Gasteiger partial charge in [0, 0.05) is 42.4 Å². The highest BCUT2D eigenvalue weighted by Crippen LogP contribution is 2.31. The largest absolute Gasteiger partial charge is 0.461 e. The van der Waals surface area contributed by atoms with Gasteiger partial charge in [0.1, 0.15) is 23.9 Å². The number of hydrogen-bond acceptors (Lipinski definition) is 11. The number of nitrogens with one attached hydrogen (secondary N) is 2. The quantitative estimate of drug-likeness (QED) is 0.0338. The van der Waals surface area contributed by atoms with Gasteiger partial charge in [-0.3, -0.25) is 19.7 Å². The van der Waals surface area contributed by atoms with E-state index in [0.717, 1.165) is 22.4 Å². The Morgan fingerprint density at radius 3 is 2.08 bits per heavy atom. The van der Waals surface area contributed by atoms with E-state index < -0.39 is 34.4 Å². The van der Waals surface area contributed by atoms with Gasteiger partial charge in [-0.2, -0.15) is 4.90 Å². The first-order valence-corrected chi connectivity index (χ1v) is 19.7. The maximum absolute atomic E-state index is 14.0. The Bertz CT molecular complexity index is 2270. The molecule has 0 bridgehead atoms. The normalized spacial score (nSPS) is 11.9. The molecule has 0 radical (unpaired) electrons. The second-order valence-electron chi connectivity index (χ2n) is 16.2. The van der Waals surface area contributed by atoms with Gasteiger partial charge in [-0.15, -0.1) is 0 Å². The summed E-state index contributed by atoms with van der Waals surface area (Å²) in [6.07, 6.45) is 2.00. The maximum atomic E-state index is 14.0. The van der Waals surface area contributed by atoms with Crippen LogP contribution in [0.3, 0.4) is 0 Å². The summed E-state index contributed by atoms with van der Waals surface area (Å²) in [6.45, 7) is 10.4. The molecule has 60 heavy (non-hydrogen) atoms. The van der Waals surface area contributed by atoms with E-state index in [1.165, 1.54) is 18.3 Å². The SMILES string of the molecule is CC(C)(C)OC(=O)N(C(=O)OC(C)(C)C)c1nccc2cc(NC(C(=O)NCc3cccc([N+](=O)[O-])c3)c3ccc(CCCCC(=O)OCc4ccccc4)cc3)ccc12. The van der Waals surface area contributed by atoms with E-state index in [0.29, 0.717) is 46.8 Å². The molecule has 5 aromatic rings. The molecule has 1 unspecified atom stereocenters. The molecule has 4 aromatic carbocycles. The number of esters is 1. The maximum Gasteiger partial charge on any atom is 0.425 e. The summed E-state index contributed by atoms with van der Waals surface area (Å²) in [5, 5.41) is 18.6. The number of aromatic nitrogens is 1. The Balaban J connectivity index is 1.35. The summed E-state index contributed by atoms with van der Waals surface area (Å²) in [6, 6.07) is 29.1. The van der Waals surface area contributed by atoms with E-state index in [9.17, 15) is 29.3 Å². The molecule has 0 aliphatic heterocycles. The van der Waals surface area contributed by atoms with Crippen LogP contribution in [0, 0.1) is 10.1 Å². The van der Waals surface area contributed by atoms with Crippen molar-refractivity contribution in [3.05, 3.63) is 142 Å². The molecule has 0 saturated carbocycles. The number of carbonyl (C=O) groups is 4. The highest BCUT2D eigenvalue weighted by Gasteiger charge is 2.34. The molecule has 0 fully saturated rings. The van der Waals surface area contributed by atoms with Crippen LogP contribution in [-0.2, 0) is 43.4 Å². The van der Waals surface area contributed by atoms with Crippen LogP contribution >= 0.6 is 0 Å². The van der Waals surface area contributed by atoms with Crippen molar-refractivity contribution < 1.29 is 38.3 Å². The van der Waals surface area contributed by atoms with Gasteiger partial charge < -0.3 is 24.8 Å². The van der Waals surface area contributed by atoms with Crippen LogP contribution in [0.25, 0.3) is 10.8 Å². The monoisotopic (exact) mass is 817 g/mol. The van der Waals surface area contributed by atoms with E-state index in [1.807, 2.05) is 54.6 Å². The Kier molecular flexibility index (Phi) is 14.6. The third-order valence-corrected chi connectivity index (χ3v) is 8.92. The molecule has 14 heteroatoms. The fraction of sp³-hybridized carbons (Fsp3) is 0.326. The second-order valence-corrected chi connectivity index (χ2v) is 16.2. The molecule has 0 spiro atoms. The summed E-state index contributed by atoms with van der Waals surface area (Å²) in [5.74, 6) is -0.628. The molecular weight excluding hydrogens is 767 g/mol. The lowest BCUT2D eigenvalue weighted by atomic mass is 10.0. The molecule has 3 amide bonds. The summed E-state index contributed by atoms with van der Waals surface area (Å²) in [5.41, 5.74) is 1.79. The standard InChI is InChI=1S/C46H51N5O9/c1-45(2,3)59-43(54)50(44(55)60-46(4,5)6)41-38-24-23-36(28-35(38)25-26-47-41)49-40(42(53)48-29-33-16-12-17-37(27-33)51(56)57)34-21-19-31(20-22-34)13-10-11-18-39(52)58-30-32-14-8-7-9-15-32/h7-9,12,14-17,19-28,40,49H,10-11,13,18,29-30H2,1-6H3,(H,48,53). The smallest absolute Gasteiger partial charge is 0.425 e. The minimum absolute atomic E-state index is 0.00784. The topological polar surface area (TPSA) is 179 Å². The number of unbranched alkanes of at least 4 members (excludes halogenated alkanes) is 1. The average Bonchev–Trinajstić information content (AvgIpc) is 3.19. The van der Waals surface area contributed by atoms with Crippen LogP contribution in [0.1, 0.15) is 89.1 Å². The third-order valence-electron chi connectivity index (χ3n) is 8.92. The first-order chi connectivity index (χ1) is 28.5. The summed E-state index contributed by atoms with van der Waals surface area (Å²) in [7, 11) is 0.